The first-order chi connectivity index (χ1) is 13.2. The van der Waals surface area contributed by atoms with Crippen molar-refractivity contribution in [3.63, 3.8) is 0 Å². The molecule has 1 aromatic heterocycles. The highest BCUT2D eigenvalue weighted by Crippen LogP contribution is 2.08. The van der Waals surface area contributed by atoms with Crippen LogP contribution < -0.4 is 10.7 Å². The minimum absolute atomic E-state index is 0.110. The lowest BCUT2D eigenvalue weighted by Gasteiger charge is -2.09. The molecule has 6 heteroatoms. The van der Waals surface area contributed by atoms with Crippen LogP contribution in [0.5, 0.6) is 0 Å². The molecule has 2 aromatic carbocycles. The molecule has 0 unspecified atom stereocenters. The largest absolute Gasteiger partial charge is 0.317 e. The van der Waals surface area contributed by atoms with Crippen LogP contribution in [0.25, 0.3) is 6.08 Å². The van der Waals surface area contributed by atoms with Crippen molar-refractivity contribution in [1.29, 1.82) is 0 Å². The summed E-state index contributed by atoms with van der Waals surface area (Å²) in [5.41, 5.74) is 3.82. The van der Waals surface area contributed by atoms with E-state index in [2.05, 4.69) is 15.8 Å². The first-order valence-electron chi connectivity index (χ1n) is 8.22. The van der Waals surface area contributed by atoms with Gasteiger partial charge in [-0.25, -0.2) is 5.43 Å². The fourth-order valence-corrected chi connectivity index (χ4v) is 2.82. The number of hydrogen-bond acceptors (Lipinski definition) is 4. The van der Waals surface area contributed by atoms with Crippen LogP contribution in [0.1, 0.15) is 20.8 Å². The highest BCUT2D eigenvalue weighted by molar-refractivity contribution is 7.11. The van der Waals surface area contributed by atoms with Crippen LogP contribution in [-0.4, -0.2) is 18.0 Å². The van der Waals surface area contributed by atoms with Crippen LogP contribution in [0.3, 0.4) is 0 Å². The normalized spacial score (nSPS) is 11.3. The minimum Gasteiger partial charge on any atom is -0.317 e. The van der Waals surface area contributed by atoms with E-state index in [1.165, 1.54) is 11.3 Å². The Kier molecular flexibility index (Phi) is 6.27. The molecule has 0 atom stereocenters. The summed E-state index contributed by atoms with van der Waals surface area (Å²) in [6.07, 6.45) is 3.17. The zero-order chi connectivity index (χ0) is 18.9. The quantitative estimate of drug-likeness (QED) is 0.392. The van der Waals surface area contributed by atoms with Crippen molar-refractivity contribution in [3.8, 4) is 0 Å². The second-order valence-electron chi connectivity index (χ2n) is 5.50. The Morgan fingerprint density at radius 3 is 2.26 bits per heavy atom. The molecule has 2 N–H and O–H groups in total. The summed E-state index contributed by atoms with van der Waals surface area (Å²) >= 11 is 1.51. The molecule has 0 bridgehead atoms. The van der Waals surface area contributed by atoms with Crippen molar-refractivity contribution >= 4 is 35.4 Å². The molecule has 0 radical (unpaired) electrons. The summed E-state index contributed by atoms with van der Waals surface area (Å²) in [5, 5.41) is 8.53. The molecule has 0 spiro atoms. The van der Waals surface area contributed by atoms with Crippen LogP contribution in [0.15, 0.2) is 89.0 Å². The number of carbonyl (C=O) groups excluding carboxylic acids is 2. The lowest BCUT2D eigenvalue weighted by atomic mass is 10.1. The maximum Gasteiger partial charge on any atom is 0.287 e. The predicted octanol–water partition coefficient (Wildman–Crippen LogP) is 3.67. The van der Waals surface area contributed by atoms with Gasteiger partial charge in [-0.3, -0.25) is 9.59 Å². The molecule has 5 nitrogen and oxygen atoms in total. The van der Waals surface area contributed by atoms with Gasteiger partial charge in [0.2, 0.25) is 0 Å². The second kappa shape index (κ2) is 9.26. The molecule has 0 aliphatic rings. The Morgan fingerprint density at radius 2 is 1.59 bits per heavy atom. The fraction of sp³-hybridized carbons (Fsp3) is 0. The van der Waals surface area contributed by atoms with Gasteiger partial charge in [0.15, 0.2) is 0 Å². The lowest BCUT2D eigenvalue weighted by Crippen LogP contribution is -2.32. The van der Waals surface area contributed by atoms with E-state index in [0.717, 1.165) is 10.4 Å². The lowest BCUT2D eigenvalue weighted by molar-refractivity contribution is -0.117. The van der Waals surface area contributed by atoms with Gasteiger partial charge >= 0.3 is 0 Å². The van der Waals surface area contributed by atoms with E-state index in [0.29, 0.717) is 5.56 Å². The van der Waals surface area contributed by atoms with E-state index in [1.54, 1.807) is 36.6 Å². The van der Waals surface area contributed by atoms with Gasteiger partial charge in [0.1, 0.15) is 5.70 Å². The third-order valence-corrected chi connectivity index (χ3v) is 4.35. The average molecular weight is 375 g/mol. The molecule has 1 heterocycles. The summed E-state index contributed by atoms with van der Waals surface area (Å²) in [5.74, 6) is -0.869. The maximum atomic E-state index is 12.5. The van der Waals surface area contributed by atoms with Crippen molar-refractivity contribution in [3.05, 3.63) is 99.9 Å². The topological polar surface area (TPSA) is 70.6 Å². The zero-order valence-corrected chi connectivity index (χ0v) is 15.1. The summed E-state index contributed by atoms with van der Waals surface area (Å²) < 4.78 is 0. The number of nitrogens with zero attached hydrogens (tertiary/aromatic N) is 1. The summed E-state index contributed by atoms with van der Waals surface area (Å²) in [6.45, 7) is 0. The number of benzene rings is 2. The SMILES string of the molecule is O=C(NN=Cc1cccs1)/C(=C/c1ccccc1)NC(=O)c1ccccc1. The molecule has 134 valence electrons. The van der Waals surface area contributed by atoms with Gasteiger partial charge in [-0.2, -0.15) is 5.10 Å². The Bertz CT molecular complexity index is 950. The summed E-state index contributed by atoms with van der Waals surface area (Å²) in [7, 11) is 0. The van der Waals surface area contributed by atoms with Crippen molar-refractivity contribution in [2.45, 2.75) is 0 Å². The summed E-state index contributed by atoms with van der Waals surface area (Å²) in [6, 6.07) is 21.8. The molecule has 2 amide bonds. The van der Waals surface area contributed by atoms with E-state index in [9.17, 15) is 9.59 Å². The third kappa shape index (κ3) is 5.49. The van der Waals surface area contributed by atoms with Crippen LogP contribution in [0.2, 0.25) is 0 Å². The minimum atomic E-state index is -0.504. The van der Waals surface area contributed by atoms with Gasteiger partial charge in [-0.05, 0) is 35.2 Å². The maximum absolute atomic E-state index is 12.5. The number of rotatable bonds is 6. The Labute approximate surface area is 161 Å². The number of hydrogen-bond donors (Lipinski definition) is 2. The standard InChI is InChI=1S/C21H17N3O2S/c25-20(17-10-5-2-6-11-17)23-19(14-16-8-3-1-4-9-16)21(26)24-22-15-18-12-7-13-27-18/h1-15H,(H,23,25)(H,24,26)/b19-14-,22-15?. The van der Waals surface area contributed by atoms with Crippen LogP contribution in [0, 0.1) is 0 Å². The third-order valence-electron chi connectivity index (χ3n) is 3.54. The number of nitrogens with one attached hydrogen (secondary N) is 2. The molecular weight excluding hydrogens is 358 g/mol. The van der Waals surface area contributed by atoms with Gasteiger partial charge in [-0.15, -0.1) is 11.3 Å². The molecule has 27 heavy (non-hydrogen) atoms. The van der Waals surface area contributed by atoms with Gasteiger partial charge < -0.3 is 5.32 Å². The molecule has 0 saturated heterocycles. The van der Waals surface area contributed by atoms with Gasteiger partial charge in [0.05, 0.1) is 6.21 Å². The van der Waals surface area contributed by atoms with Crippen LogP contribution >= 0.6 is 11.3 Å². The van der Waals surface area contributed by atoms with Crippen molar-refractivity contribution in [2.75, 3.05) is 0 Å². The first-order valence-corrected chi connectivity index (χ1v) is 9.10. The van der Waals surface area contributed by atoms with E-state index in [4.69, 9.17) is 0 Å². The smallest absolute Gasteiger partial charge is 0.287 e. The average Bonchev–Trinajstić information content (AvgIpc) is 3.22. The predicted molar refractivity (Wildman–Crippen MR) is 108 cm³/mol. The van der Waals surface area contributed by atoms with E-state index in [-0.39, 0.29) is 11.6 Å². The number of carbonyl (C=O) groups is 2. The molecule has 0 aliphatic carbocycles. The second-order valence-corrected chi connectivity index (χ2v) is 6.48. The van der Waals surface area contributed by atoms with E-state index >= 15 is 0 Å². The zero-order valence-electron chi connectivity index (χ0n) is 14.3. The van der Waals surface area contributed by atoms with Gasteiger partial charge in [0, 0.05) is 10.4 Å². The number of amides is 2. The van der Waals surface area contributed by atoms with Crippen LogP contribution in [-0.2, 0) is 4.79 Å². The van der Waals surface area contributed by atoms with Crippen molar-refractivity contribution < 1.29 is 9.59 Å². The van der Waals surface area contributed by atoms with Gasteiger partial charge in [0.25, 0.3) is 11.8 Å². The van der Waals surface area contributed by atoms with Crippen molar-refractivity contribution in [2.24, 2.45) is 5.10 Å². The Morgan fingerprint density at radius 1 is 0.889 bits per heavy atom. The van der Waals surface area contributed by atoms with Crippen molar-refractivity contribution in [1.82, 2.24) is 10.7 Å². The molecule has 0 aliphatic heterocycles. The molecule has 0 saturated carbocycles. The number of thiophene rings is 1. The highest BCUT2D eigenvalue weighted by atomic mass is 32.1. The molecule has 3 aromatic rings. The fourth-order valence-electron chi connectivity index (χ4n) is 2.24. The first kappa shape index (κ1) is 18.3. The van der Waals surface area contributed by atoms with Crippen LogP contribution in [0.4, 0.5) is 0 Å². The molecule has 0 fully saturated rings. The Balaban J connectivity index is 1.78. The monoisotopic (exact) mass is 375 g/mol. The number of hydrazone groups is 1. The van der Waals surface area contributed by atoms with Gasteiger partial charge in [-0.1, -0.05) is 54.6 Å². The van der Waals surface area contributed by atoms with E-state index < -0.39 is 5.91 Å². The Hall–Kier alpha value is -3.51. The molecule has 3 rings (SSSR count). The van der Waals surface area contributed by atoms with E-state index in [1.807, 2.05) is 53.9 Å². The summed E-state index contributed by atoms with van der Waals surface area (Å²) in [4.78, 5) is 25.9. The molecular formula is C21H17N3O2S. The highest BCUT2D eigenvalue weighted by Gasteiger charge is 2.14.